The molecule has 0 N–H and O–H groups in total. The van der Waals surface area contributed by atoms with Crippen LogP contribution in [0.4, 0.5) is 10.3 Å². The van der Waals surface area contributed by atoms with Crippen molar-refractivity contribution in [3.8, 4) is 0 Å². The maximum absolute atomic E-state index is 14.2. The SMILES string of the molecule is CCn1c(=O)c2c(nc3n2C(C)C(C)=NN3Cc2ccccc2F)n(C)c1=O. The lowest BCUT2D eigenvalue weighted by Gasteiger charge is -2.29. The maximum Gasteiger partial charge on any atom is 0.332 e. The lowest BCUT2D eigenvalue weighted by molar-refractivity contribution is 0.590. The Hall–Kier alpha value is -3.23. The smallest absolute Gasteiger partial charge is 0.294 e. The molecule has 8 nitrogen and oxygen atoms in total. The van der Waals surface area contributed by atoms with Crippen molar-refractivity contribution in [3.63, 3.8) is 0 Å². The minimum absolute atomic E-state index is 0.163. The Morgan fingerprint density at radius 3 is 2.61 bits per heavy atom. The van der Waals surface area contributed by atoms with Crippen LogP contribution >= 0.6 is 0 Å². The second-order valence-electron chi connectivity index (χ2n) is 6.91. The van der Waals surface area contributed by atoms with Gasteiger partial charge in [-0.15, -0.1) is 0 Å². The van der Waals surface area contributed by atoms with E-state index in [-0.39, 0.29) is 30.5 Å². The standard InChI is InChI=1S/C19H21FN6O2/c1-5-24-17(27)15-16(23(4)19(24)28)21-18-25(22-11(2)12(3)26(15)18)10-13-8-6-7-9-14(13)20/h6-9,12H,5,10H2,1-4H3. The van der Waals surface area contributed by atoms with Gasteiger partial charge in [-0.3, -0.25) is 18.5 Å². The molecule has 0 fully saturated rings. The summed E-state index contributed by atoms with van der Waals surface area (Å²) in [6, 6.07) is 6.25. The molecule has 1 aliphatic heterocycles. The van der Waals surface area contributed by atoms with E-state index >= 15 is 0 Å². The minimum Gasteiger partial charge on any atom is -0.294 e. The van der Waals surface area contributed by atoms with E-state index in [1.54, 1.807) is 41.7 Å². The van der Waals surface area contributed by atoms with Crippen LogP contribution in [-0.4, -0.2) is 24.4 Å². The first-order valence-electron chi connectivity index (χ1n) is 9.13. The van der Waals surface area contributed by atoms with Crippen LogP contribution in [0.1, 0.15) is 32.4 Å². The number of fused-ring (bicyclic) bond motifs is 3. The molecule has 1 aromatic carbocycles. The van der Waals surface area contributed by atoms with Gasteiger partial charge < -0.3 is 0 Å². The summed E-state index contributed by atoms with van der Waals surface area (Å²) in [5, 5.41) is 6.14. The second kappa shape index (κ2) is 6.43. The Labute approximate surface area is 160 Å². The molecule has 2 aromatic heterocycles. The largest absolute Gasteiger partial charge is 0.332 e. The Bertz CT molecular complexity index is 1240. The van der Waals surface area contributed by atoms with Gasteiger partial charge in [-0.2, -0.15) is 10.1 Å². The molecule has 1 aliphatic rings. The van der Waals surface area contributed by atoms with Crippen molar-refractivity contribution >= 4 is 22.8 Å². The molecule has 0 bridgehead atoms. The van der Waals surface area contributed by atoms with Crippen molar-refractivity contribution < 1.29 is 4.39 Å². The fraction of sp³-hybridized carbons (Fsp3) is 0.368. The van der Waals surface area contributed by atoms with Crippen LogP contribution in [0.3, 0.4) is 0 Å². The third-order valence-electron chi connectivity index (χ3n) is 5.25. The lowest BCUT2D eigenvalue weighted by atomic mass is 10.2. The van der Waals surface area contributed by atoms with Crippen LogP contribution < -0.4 is 16.3 Å². The molecule has 0 radical (unpaired) electrons. The summed E-state index contributed by atoms with van der Waals surface area (Å²) in [6.45, 7) is 5.96. The van der Waals surface area contributed by atoms with Gasteiger partial charge in [0.2, 0.25) is 5.95 Å². The molecule has 4 rings (SSSR count). The molecule has 146 valence electrons. The van der Waals surface area contributed by atoms with Crippen molar-refractivity contribution in [2.75, 3.05) is 5.01 Å². The molecule has 1 atom stereocenters. The third kappa shape index (κ3) is 2.49. The first-order valence-corrected chi connectivity index (χ1v) is 9.13. The Kier molecular flexibility index (Phi) is 4.17. The highest BCUT2D eigenvalue weighted by Crippen LogP contribution is 2.31. The summed E-state index contributed by atoms with van der Waals surface area (Å²) in [6.07, 6.45) is 0. The zero-order chi connectivity index (χ0) is 20.2. The number of imidazole rings is 1. The second-order valence-corrected chi connectivity index (χ2v) is 6.91. The van der Waals surface area contributed by atoms with E-state index < -0.39 is 5.69 Å². The van der Waals surface area contributed by atoms with Gasteiger partial charge in [0.25, 0.3) is 5.56 Å². The normalized spacial score (nSPS) is 16.4. The van der Waals surface area contributed by atoms with E-state index in [1.165, 1.54) is 15.2 Å². The fourth-order valence-corrected chi connectivity index (χ4v) is 3.56. The molecule has 1 unspecified atom stereocenters. The first-order chi connectivity index (χ1) is 13.3. The van der Waals surface area contributed by atoms with Gasteiger partial charge >= 0.3 is 5.69 Å². The fourth-order valence-electron chi connectivity index (χ4n) is 3.56. The van der Waals surface area contributed by atoms with Gasteiger partial charge in [-0.1, -0.05) is 18.2 Å². The molecule has 0 spiro atoms. The highest BCUT2D eigenvalue weighted by molar-refractivity contribution is 5.91. The molecule has 0 aliphatic carbocycles. The van der Waals surface area contributed by atoms with Gasteiger partial charge in [-0.05, 0) is 26.8 Å². The third-order valence-corrected chi connectivity index (χ3v) is 5.25. The zero-order valence-corrected chi connectivity index (χ0v) is 16.2. The maximum atomic E-state index is 14.2. The monoisotopic (exact) mass is 384 g/mol. The first kappa shape index (κ1) is 18.1. The molecular formula is C19H21FN6O2. The summed E-state index contributed by atoms with van der Waals surface area (Å²) in [4.78, 5) is 30.1. The number of hydrazone groups is 1. The Morgan fingerprint density at radius 2 is 1.93 bits per heavy atom. The molecule has 9 heteroatoms. The number of hydrogen-bond donors (Lipinski definition) is 0. The van der Waals surface area contributed by atoms with E-state index in [2.05, 4.69) is 10.1 Å². The number of hydrogen-bond acceptors (Lipinski definition) is 5. The molecular weight excluding hydrogens is 363 g/mol. The number of halogens is 1. The number of benzene rings is 1. The molecule has 28 heavy (non-hydrogen) atoms. The summed E-state index contributed by atoms with van der Waals surface area (Å²) in [7, 11) is 1.59. The van der Waals surface area contributed by atoms with Crippen molar-refractivity contribution in [2.45, 2.75) is 39.9 Å². The van der Waals surface area contributed by atoms with Gasteiger partial charge in [0, 0.05) is 19.2 Å². The average molecular weight is 384 g/mol. The predicted molar refractivity (Wildman–Crippen MR) is 105 cm³/mol. The van der Waals surface area contributed by atoms with Gasteiger partial charge in [0.05, 0.1) is 18.3 Å². The van der Waals surface area contributed by atoms with E-state index in [0.717, 1.165) is 5.71 Å². The molecule has 0 amide bonds. The predicted octanol–water partition coefficient (Wildman–Crippen LogP) is 2.01. The van der Waals surface area contributed by atoms with Crippen molar-refractivity contribution in [2.24, 2.45) is 12.1 Å². The van der Waals surface area contributed by atoms with Crippen LogP contribution in [0.25, 0.3) is 11.2 Å². The lowest BCUT2D eigenvalue weighted by Crippen LogP contribution is -2.40. The van der Waals surface area contributed by atoms with Crippen molar-refractivity contribution in [1.82, 2.24) is 18.7 Å². The van der Waals surface area contributed by atoms with Gasteiger partial charge in [-0.25, -0.2) is 14.2 Å². The summed E-state index contributed by atoms with van der Waals surface area (Å²) < 4.78 is 18.5. The summed E-state index contributed by atoms with van der Waals surface area (Å²) in [5.41, 5.74) is 1.07. The number of nitrogens with zero attached hydrogens (tertiary/aromatic N) is 6. The minimum atomic E-state index is -0.415. The van der Waals surface area contributed by atoms with E-state index in [0.29, 0.717) is 22.7 Å². The number of aromatic nitrogens is 4. The number of aryl methyl sites for hydroxylation is 1. The highest BCUT2D eigenvalue weighted by atomic mass is 19.1. The van der Waals surface area contributed by atoms with Gasteiger partial charge in [0.15, 0.2) is 11.2 Å². The Balaban J connectivity index is 1.99. The summed E-state index contributed by atoms with van der Waals surface area (Å²) in [5.74, 6) is 0.0784. The Morgan fingerprint density at radius 1 is 1.21 bits per heavy atom. The van der Waals surface area contributed by atoms with Crippen LogP contribution in [-0.2, 0) is 20.1 Å². The molecule has 0 saturated heterocycles. The highest BCUT2D eigenvalue weighted by Gasteiger charge is 2.30. The van der Waals surface area contributed by atoms with Crippen LogP contribution in [0, 0.1) is 5.82 Å². The summed E-state index contributed by atoms with van der Waals surface area (Å²) >= 11 is 0. The topological polar surface area (TPSA) is 77.4 Å². The van der Waals surface area contributed by atoms with E-state index in [1.807, 2.05) is 13.8 Å². The average Bonchev–Trinajstić information content (AvgIpc) is 3.08. The van der Waals surface area contributed by atoms with Crippen LogP contribution in [0.5, 0.6) is 0 Å². The quantitative estimate of drug-likeness (QED) is 0.692. The zero-order valence-electron chi connectivity index (χ0n) is 16.2. The van der Waals surface area contributed by atoms with Crippen LogP contribution in [0.15, 0.2) is 39.0 Å². The molecule has 3 heterocycles. The van der Waals surface area contributed by atoms with Crippen molar-refractivity contribution in [3.05, 3.63) is 56.5 Å². The molecule has 3 aromatic rings. The molecule has 0 saturated carbocycles. The van der Waals surface area contributed by atoms with Gasteiger partial charge in [0.1, 0.15) is 5.82 Å². The van der Waals surface area contributed by atoms with E-state index in [9.17, 15) is 14.0 Å². The van der Waals surface area contributed by atoms with E-state index in [4.69, 9.17) is 0 Å². The number of anilines is 1. The number of rotatable bonds is 3. The van der Waals surface area contributed by atoms with Crippen LogP contribution in [0.2, 0.25) is 0 Å². The van der Waals surface area contributed by atoms with Crippen molar-refractivity contribution in [1.29, 1.82) is 0 Å².